The molecule has 1 heterocycles. The first-order valence-electron chi connectivity index (χ1n) is 10.8. The number of hydrogen-bond acceptors (Lipinski definition) is 5. The van der Waals surface area contributed by atoms with Gasteiger partial charge >= 0.3 is 0 Å². The second kappa shape index (κ2) is 10.3. The average molecular weight is 516 g/mol. The first-order chi connectivity index (χ1) is 16.3. The number of rotatable bonds is 6. The molecule has 178 valence electrons. The highest BCUT2D eigenvalue weighted by atomic mass is 35.5. The first-order valence-corrected chi connectivity index (χ1v) is 13.9. The average Bonchev–Trinajstić information content (AvgIpc) is 2.88. The van der Waals surface area contributed by atoms with Gasteiger partial charge in [0.05, 0.1) is 10.6 Å². The van der Waals surface area contributed by atoms with Gasteiger partial charge in [-0.05, 0) is 73.0 Å². The van der Waals surface area contributed by atoms with Crippen LogP contribution in [0, 0.1) is 0 Å². The number of nitrogens with zero attached hydrogens (tertiary/aromatic N) is 3. The van der Waals surface area contributed by atoms with Gasteiger partial charge in [-0.1, -0.05) is 17.7 Å². The molecule has 34 heavy (non-hydrogen) atoms. The number of hydrogen-bond donors (Lipinski definition) is 0. The predicted octanol–water partition coefficient (Wildman–Crippen LogP) is 4.85. The van der Waals surface area contributed by atoms with E-state index in [1.165, 1.54) is 11.4 Å². The first kappa shape index (κ1) is 24.4. The summed E-state index contributed by atoms with van der Waals surface area (Å²) in [6.07, 6.45) is 1.94. The Morgan fingerprint density at radius 2 is 1.59 bits per heavy atom. The number of benzene rings is 3. The number of carbonyl (C=O) groups excluding carboxylic acids is 1. The van der Waals surface area contributed by atoms with Gasteiger partial charge in [0.15, 0.2) is 0 Å². The van der Waals surface area contributed by atoms with Crippen LogP contribution < -0.4 is 9.21 Å². The third-order valence-corrected chi connectivity index (χ3v) is 8.71. The summed E-state index contributed by atoms with van der Waals surface area (Å²) >= 11 is 7.66. The molecule has 0 bridgehead atoms. The molecular formula is C25H26ClN3O3S2. The van der Waals surface area contributed by atoms with Crippen LogP contribution in [0.25, 0.3) is 0 Å². The highest BCUT2D eigenvalue weighted by Gasteiger charge is 2.24. The minimum absolute atomic E-state index is 0.0598. The minimum atomic E-state index is -3.69. The SMILES string of the molecule is CSc1ccc(S(=O)(=O)N(C)c2ccc(C(=O)N3CCN(c4cccc(Cl)c4)CC3)cc2)cc1. The van der Waals surface area contributed by atoms with Gasteiger partial charge in [0.1, 0.15) is 0 Å². The number of piperazine rings is 1. The molecule has 0 aliphatic carbocycles. The summed E-state index contributed by atoms with van der Waals surface area (Å²) in [5, 5.41) is 0.694. The van der Waals surface area contributed by atoms with Crippen molar-refractivity contribution in [1.29, 1.82) is 0 Å². The van der Waals surface area contributed by atoms with Crippen molar-refractivity contribution in [3.8, 4) is 0 Å². The van der Waals surface area contributed by atoms with Gasteiger partial charge in [-0.3, -0.25) is 9.10 Å². The smallest absolute Gasteiger partial charge is 0.264 e. The van der Waals surface area contributed by atoms with E-state index in [2.05, 4.69) is 4.90 Å². The molecule has 0 spiro atoms. The molecule has 3 aromatic carbocycles. The maximum Gasteiger partial charge on any atom is 0.264 e. The zero-order valence-electron chi connectivity index (χ0n) is 19.0. The summed E-state index contributed by atoms with van der Waals surface area (Å²) < 4.78 is 27.2. The lowest BCUT2D eigenvalue weighted by molar-refractivity contribution is 0.0747. The van der Waals surface area contributed by atoms with Crippen molar-refractivity contribution in [2.75, 3.05) is 48.7 Å². The normalized spacial score (nSPS) is 14.2. The van der Waals surface area contributed by atoms with Crippen molar-refractivity contribution in [2.45, 2.75) is 9.79 Å². The van der Waals surface area contributed by atoms with Crippen molar-refractivity contribution in [2.24, 2.45) is 0 Å². The monoisotopic (exact) mass is 515 g/mol. The molecule has 0 atom stereocenters. The van der Waals surface area contributed by atoms with Crippen LogP contribution in [0.3, 0.4) is 0 Å². The van der Waals surface area contributed by atoms with Gasteiger partial charge < -0.3 is 9.80 Å². The minimum Gasteiger partial charge on any atom is -0.368 e. The standard InChI is InChI=1S/C25H26ClN3O3S2/c1-27(34(31,32)24-12-10-23(33-2)11-13-24)21-8-6-19(7-9-21)25(30)29-16-14-28(15-17-29)22-5-3-4-20(26)18-22/h3-13,18H,14-17H2,1-2H3. The quantitative estimate of drug-likeness (QED) is 0.439. The van der Waals surface area contributed by atoms with Crippen LogP contribution in [-0.2, 0) is 10.0 Å². The molecular weight excluding hydrogens is 490 g/mol. The molecule has 0 saturated carbocycles. The third-order valence-electron chi connectivity index (χ3n) is 5.94. The van der Waals surface area contributed by atoms with E-state index in [1.807, 2.05) is 35.4 Å². The van der Waals surface area contributed by atoms with E-state index in [-0.39, 0.29) is 10.8 Å². The van der Waals surface area contributed by atoms with E-state index >= 15 is 0 Å². The fraction of sp³-hybridized carbons (Fsp3) is 0.240. The number of amides is 1. The Balaban J connectivity index is 1.41. The fourth-order valence-electron chi connectivity index (χ4n) is 3.88. The van der Waals surface area contributed by atoms with Crippen molar-refractivity contribution in [3.05, 3.63) is 83.4 Å². The van der Waals surface area contributed by atoms with Crippen LogP contribution in [-0.4, -0.2) is 58.7 Å². The Kier molecular flexibility index (Phi) is 7.40. The van der Waals surface area contributed by atoms with E-state index in [0.717, 1.165) is 23.7 Å². The molecule has 1 aliphatic heterocycles. The molecule has 9 heteroatoms. The number of halogens is 1. The highest BCUT2D eigenvalue weighted by Crippen LogP contribution is 2.25. The lowest BCUT2D eigenvalue weighted by Crippen LogP contribution is -2.48. The Labute approximate surface area is 210 Å². The summed E-state index contributed by atoms with van der Waals surface area (Å²) in [4.78, 5) is 18.3. The van der Waals surface area contributed by atoms with Crippen molar-refractivity contribution < 1.29 is 13.2 Å². The summed E-state index contributed by atoms with van der Waals surface area (Å²) in [5.74, 6) is -0.0598. The van der Waals surface area contributed by atoms with Crippen molar-refractivity contribution in [1.82, 2.24) is 4.90 Å². The molecule has 3 aromatic rings. The van der Waals surface area contributed by atoms with Crippen molar-refractivity contribution >= 4 is 50.7 Å². The molecule has 0 unspecified atom stereocenters. The second-order valence-electron chi connectivity index (χ2n) is 7.95. The molecule has 0 radical (unpaired) electrons. The van der Waals surface area contributed by atoms with E-state index in [1.54, 1.807) is 60.3 Å². The topological polar surface area (TPSA) is 60.9 Å². The molecule has 1 amide bonds. The molecule has 0 aromatic heterocycles. The van der Waals surface area contributed by atoms with Crippen LogP contribution in [0.1, 0.15) is 10.4 Å². The summed E-state index contributed by atoms with van der Waals surface area (Å²) in [6.45, 7) is 2.65. The predicted molar refractivity (Wildman–Crippen MR) is 140 cm³/mol. The van der Waals surface area contributed by atoms with E-state index in [9.17, 15) is 13.2 Å². The Morgan fingerprint density at radius 3 is 2.18 bits per heavy atom. The van der Waals surface area contributed by atoms with Crippen LogP contribution in [0.4, 0.5) is 11.4 Å². The highest BCUT2D eigenvalue weighted by molar-refractivity contribution is 7.98. The Hall–Kier alpha value is -2.68. The summed E-state index contributed by atoms with van der Waals surface area (Å²) in [5.41, 5.74) is 2.09. The summed E-state index contributed by atoms with van der Waals surface area (Å²) in [6, 6.07) is 21.2. The number of thioether (sulfide) groups is 1. The maximum atomic E-state index is 13.0. The van der Waals surface area contributed by atoms with Gasteiger partial charge in [-0.15, -0.1) is 11.8 Å². The molecule has 6 nitrogen and oxygen atoms in total. The molecule has 0 N–H and O–H groups in total. The molecule has 1 saturated heterocycles. The van der Waals surface area contributed by atoms with Crippen LogP contribution >= 0.6 is 23.4 Å². The van der Waals surface area contributed by atoms with Gasteiger partial charge in [0, 0.05) is 54.4 Å². The van der Waals surface area contributed by atoms with E-state index in [4.69, 9.17) is 11.6 Å². The van der Waals surface area contributed by atoms with E-state index in [0.29, 0.717) is 29.4 Å². The van der Waals surface area contributed by atoms with Crippen LogP contribution in [0.15, 0.2) is 82.6 Å². The molecule has 1 aliphatic rings. The van der Waals surface area contributed by atoms with Crippen LogP contribution in [0.5, 0.6) is 0 Å². The lowest BCUT2D eigenvalue weighted by Gasteiger charge is -2.36. The number of carbonyl (C=O) groups is 1. The largest absolute Gasteiger partial charge is 0.368 e. The maximum absolute atomic E-state index is 13.0. The van der Waals surface area contributed by atoms with Gasteiger partial charge in [-0.25, -0.2) is 8.42 Å². The van der Waals surface area contributed by atoms with E-state index < -0.39 is 10.0 Å². The lowest BCUT2D eigenvalue weighted by atomic mass is 10.1. The Bertz CT molecular complexity index is 1260. The number of sulfonamides is 1. The van der Waals surface area contributed by atoms with Crippen LogP contribution in [0.2, 0.25) is 5.02 Å². The van der Waals surface area contributed by atoms with Gasteiger partial charge in [-0.2, -0.15) is 0 Å². The second-order valence-corrected chi connectivity index (χ2v) is 11.2. The van der Waals surface area contributed by atoms with Crippen molar-refractivity contribution in [3.63, 3.8) is 0 Å². The zero-order chi connectivity index (χ0) is 24.3. The third kappa shape index (κ3) is 5.19. The Morgan fingerprint density at radius 1 is 0.941 bits per heavy atom. The molecule has 1 fully saturated rings. The van der Waals surface area contributed by atoms with Gasteiger partial charge in [0.25, 0.3) is 15.9 Å². The summed E-state index contributed by atoms with van der Waals surface area (Å²) in [7, 11) is -2.17. The fourth-order valence-corrected chi connectivity index (χ4v) is 5.67. The number of anilines is 2. The zero-order valence-corrected chi connectivity index (χ0v) is 21.4. The molecule has 4 rings (SSSR count). The van der Waals surface area contributed by atoms with Gasteiger partial charge in [0.2, 0.25) is 0 Å².